The van der Waals surface area contributed by atoms with Gasteiger partial charge in [0.2, 0.25) is 0 Å². The number of benzene rings is 1. The first-order chi connectivity index (χ1) is 18.4. The normalized spacial score (nSPS) is 40.1. The fourth-order valence-corrected chi connectivity index (χ4v) is 10.2. The molecule has 10 atom stereocenters. The molecule has 0 aromatic heterocycles. The molecule has 39 heavy (non-hydrogen) atoms. The lowest BCUT2D eigenvalue weighted by molar-refractivity contribution is -0.197. The van der Waals surface area contributed by atoms with Gasteiger partial charge in [-0.3, -0.25) is 9.59 Å². The molecule has 6 heteroatoms. The Kier molecular flexibility index (Phi) is 7.71. The van der Waals surface area contributed by atoms with Crippen molar-refractivity contribution >= 4 is 11.9 Å². The number of hydrogen-bond acceptors (Lipinski definition) is 6. The van der Waals surface area contributed by atoms with Crippen molar-refractivity contribution in [2.75, 3.05) is 0 Å². The van der Waals surface area contributed by atoms with Crippen LogP contribution in [0.3, 0.4) is 0 Å². The van der Waals surface area contributed by atoms with Crippen LogP contribution >= 0.6 is 0 Å². The predicted octanol–water partition coefficient (Wildman–Crippen LogP) is 6.80. The summed E-state index contributed by atoms with van der Waals surface area (Å²) in [6.45, 7) is 10.4. The third-order valence-electron chi connectivity index (χ3n) is 12.0. The quantitative estimate of drug-likeness (QED) is 0.305. The molecule has 4 saturated carbocycles. The van der Waals surface area contributed by atoms with Gasteiger partial charge in [-0.2, -0.15) is 0 Å². The van der Waals surface area contributed by atoms with Gasteiger partial charge in [0.15, 0.2) is 0 Å². The van der Waals surface area contributed by atoms with Gasteiger partial charge in [-0.15, -0.1) is 0 Å². The number of rotatable bonds is 6. The fourth-order valence-electron chi connectivity index (χ4n) is 10.2. The zero-order chi connectivity index (χ0) is 28.1. The van der Waals surface area contributed by atoms with E-state index in [1.54, 1.807) is 19.1 Å². The highest BCUT2D eigenvalue weighted by molar-refractivity contribution is 5.66. The lowest BCUT2D eigenvalue weighted by atomic mass is 9.43. The Morgan fingerprint density at radius 3 is 2.36 bits per heavy atom. The molecule has 0 radical (unpaired) electrons. The monoisotopic (exact) mass is 540 g/mol. The van der Waals surface area contributed by atoms with Gasteiger partial charge in [0, 0.05) is 19.8 Å². The van der Waals surface area contributed by atoms with E-state index in [1.807, 2.05) is 0 Å². The average Bonchev–Trinajstić information content (AvgIpc) is 3.21. The van der Waals surface area contributed by atoms with Crippen molar-refractivity contribution in [3.63, 3.8) is 0 Å². The van der Waals surface area contributed by atoms with Crippen LogP contribution < -0.4 is 0 Å². The van der Waals surface area contributed by atoms with Gasteiger partial charge in [-0.05, 0) is 128 Å². The van der Waals surface area contributed by atoms with Crippen LogP contribution in [0.25, 0.3) is 0 Å². The molecular weight excluding hydrogens is 492 g/mol. The lowest BCUT2D eigenvalue weighted by Gasteiger charge is -2.62. The van der Waals surface area contributed by atoms with E-state index < -0.39 is 0 Å². The molecule has 0 unspecified atom stereocenters. The Morgan fingerprint density at radius 1 is 0.949 bits per heavy atom. The van der Waals surface area contributed by atoms with E-state index in [0.29, 0.717) is 35.5 Å². The molecule has 4 fully saturated rings. The standard InChI is InChI=1S/C33H48O6/c1-19(6-7-22-16-24(36)8-11-29(22)37)26-9-10-27-31-28(13-15-33(26,27)5)32(4)14-12-25(38-20(2)34)17-23(32)18-30(31)39-21(3)35/h8,11,16,19,23,25-28,30-31,36-37H,6-7,9-10,12-15,17-18H2,1-5H3/t19-,23+,25-,26-,27+,28+,30-,31+,32+,33-/m1/s1. The number of carbonyl (C=O) groups excluding carboxylic acids is 2. The molecule has 6 nitrogen and oxygen atoms in total. The molecule has 0 amide bonds. The van der Waals surface area contributed by atoms with Gasteiger partial charge in [0.05, 0.1) is 0 Å². The van der Waals surface area contributed by atoms with E-state index in [2.05, 4.69) is 20.8 Å². The summed E-state index contributed by atoms with van der Waals surface area (Å²) >= 11 is 0. The maximum absolute atomic E-state index is 12.3. The third-order valence-corrected chi connectivity index (χ3v) is 12.0. The second-order valence-corrected chi connectivity index (χ2v) is 13.9. The average molecular weight is 541 g/mol. The van der Waals surface area contributed by atoms with Crippen molar-refractivity contribution in [3.05, 3.63) is 23.8 Å². The Bertz CT molecular complexity index is 1080. The van der Waals surface area contributed by atoms with Gasteiger partial charge >= 0.3 is 11.9 Å². The fraction of sp³-hybridized carbons (Fsp3) is 0.758. The number of phenolic OH excluding ortho intramolecular Hbond substituents is 2. The van der Waals surface area contributed by atoms with Crippen molar-refractivity contribution in [2.24, 2.45) is 46.3 Å². The Balaban J connectivity index is 1.35. The van der Waals surface area contributed by atoms with E-state index in [9.17, 15) is 19.8 Å². The molecule has 0 heterocycles. The molecular formula is C33H48O6. The highest BCUT2D eigenvalue weighted by Gasteiger charge is 2.63. The maximum atomic E-state index is 12.3. The molecule has 0 saturated heterocycles. The molecule has 0 aliphatic heterocycles. The van der Waals surface area contributed by atoms with Gasteiger partial charge in [-0.1, -0.05) is 20.8 Å². The second kappa shape index (κ2) is 10.6. The number of carbonyl (C=O) groups is 2. The van der Waals surface area contributed by atoms with Crippen LogP contribution in [-0.4, -0.2) is 34.4 Å². The van der Waals surface area contributed by atoms with Crippen molar-refractivity contribution in [3.8, 4) is 11.5 Å². The molecule has 5 rings (SSSR count). The molecule has 216 valence electrons. The van der Waals surface area contributed by atoms with Crippen LogP contribution in [-0.2, 0) is 25.5 Å². The Labute approximate surface area is 233 Å². The van der Waals surface area contributed by atoms with E-state index in [0.717, 1.165) is 50.5 Å². The highest BCUT2D eigenvalue weighted by atomic mass is 16.5. The van der Waals surface area contributed by atoms with Crippen molar-refractivity contribution < 1.29 is 29.3 Å². The number of ether oxygens (including phenoxy) is 2. The smallest absolute Gasteiger partial charge is 0.302 e. The zero-order valence-electron chi connectivity index (χ0n) is 24.4. The van der Waals surface area contributed by atoms with Gasteiger partial charge in [0.1, 0.15) is 23.7 Å². The molecule has 0 bridgehead atoms. The first-order valence-electron chi connectivity index (χ1n) is 15.3. The summed E-state index contributed by atoms with van der Waals surface area (Å²) in [7, 11) is 0. The Morgan fingerprint density at radius 2 is 1.64 bits per heavy atom. The largest absolute Gasteiger partial charge is 0.508 e. The number of hydrogen-bond donors (Lipinski definition) is 2. The van der Waals surface area contributed by atoms with Gasteiger partial charge in [0.25, 0.3) is 0 Å². The summed E-state index contributed by atoms with van der Waals surface area (Å²) in [5, 5.41) is 20.2. The topological polar surface area (TPSA) is 93.1 Å². The van der Waals surface area contributed by atoms with Crippen LogP contribution in [0.2, 0.25) is 0 Å². The zero-order valence-corrected chi connectivity index (χ0v) is 24.4. The molecule has 4 aliphatic rings. The molecule has 4 aliphatic carbocycles. The highest BCUT2D eigenvalue weighted by Crippen LogP contribution is 2.69. The summed E-state index contributed by atoms with van der Waals surface area (Å²) in [6.07, 6.45) is 10.1. The maximum Gasteiger partial charge on any atom is 0.302 e. The van der Waals surface area contributed by atoms with Crippen LogP contribution in [0.15, 0.2) is 18.2 Å². The number of fused-ring (bicyclic) bond motifs is 5. The van der Waals surface area contributed by atoms with E-state index in [4.69, 9.17) is 9.47 Å². The van der Waals surface area contributed by atoms with E-state index in [1.165, 1.54) is 32.3 Å². The molecule has 2 N–H and O–H groups in total. The minimum absolute atomic E-state index is 0.0216. The summed E-state index contributed by atoms with van der Waals surface area (Å²) in [5.41, 5.74) is 1.21. The van der Waals surface area contributed by atoms with E-state index >= 15 is 0 Å². The molecule has 1 aromatic carbocycles. The van der Waals surface area contributed by atoms with Crippen LogP contribution in [0.4, 0.5) is 0 Å². The summed E-state index contributed by atoms with van der Waals surface area (Å²) in [5.74, 6) is 2.99. The minimum Gasteiger partial charge on any atom is -0.508 e. The van der Waals surface area contributed by atoms with Gasteiger partial charge in [-0.25, -0.2) is 0 Å². The van der Waals surface area contributed by atoms with E-state index in [-0.39, 0.29) is 46.5 Å². The summed E-state index contributed by atoms with van der Waals surface area (Å²) in [6, 6.07) is 4.79. The van der Waals surface area contributed by atoms with Crippen molar-refractivity contribution in [1.29, 1.82) is 0 Å². The first kappa shape index (κ1) is 28.3. The third kappa shape index (κ3) is 5.17. The number of esters is 2. The van der Waals surface area contributed by atoms with Gasteiger partial charge < -0.3 is 19.7 Å². The van der Waals surface area contributed by atoms with Crippen molar-refractivity contribution in [2.45, 2.75) is 111 Å². The Hall–Kier alpha value is -2.24. The minimum atomic E-state index is -0.201. The predicted molar refractivity (Wildman–Crippen MR) is 149 cm³/mol. The lowest BCUT2D eigenvalue weighted by Crippen LogP contribution is -2.59. The first-order valence-corrected chi connectivity index (χ1v) is 15.3. The van der Waals surface area contributed by atoms with Crippen LogP contribution in [0.5, 0.6) is 11.5 Å². The summed E-state index contributed by atoms with van der Waals surface area (Å²) in [4.78, 5) is 24.0. The number of aryl methyl sites for hydroxylation is 1. The number of aromatic hydroxyl groups is 2. The molecule has 0 spiro atoms. The van der Waals surface area contributed by atoms with Crippen LogP contribution in [0, 0.1) is 46.3 Å². The van der Waals surface area contributed by atoms with Crippen molar-refractivity contribution in [1.82, 2.24) is 0 Å². The molecule has 1 aromatic rings. The van der Waals surface area contributed by atoms with Crippen LogP contribution in [0.1, 0.15) is 98.0 Å². The number of phenols is 2. The SMILES string of the molecule is CC(=O)O[C@@H]1CC[C@@]2(C)[C@@H](C1)C[C@@H](OC(C)=O)[C@@H]1[C@@H]2CC[C@]2(C)[C@@H]([C@H](C)CCc3cc(O)ccc3O)CC[C@@H]12. The summed E-state index contributed by atoms with van der Waals surface area (Å²) < 4.78 is 11.8. The second-order valence-electron chi connectivity index (χ2n) is 13.9.